The van der Waals surface area contributed by atoms with Gasteiger partial charge in [0, 0.05) is 17.6 Å². The van der Waals surface area contributed by atoms with Crippen LogP contribution >= 0.6 is 11.6 Å². The van der Waals surface area contributed by atoms with E-state index < -0.39 is 0 Å². The van der Waals surface area contributed by atoms with E-state index in [1.807, 2.05) is 6.92 Å². The van der Waals surface area contributed by atoms with Gasteiger partial charge < -0.3 is 15.4 Å². The minimum atomic E-state index is -0.382. The molecule has 0 unspecified atom stereocenters. The first-order valence-electron chi connectivity index (χ1n) is 6.89. The minimum Gasteiger partial charge on any atom is -0.495 e. The van der Waals surface area contributed by atoms with Gasteiger partial charge in [-0.05, 0) is 30.7 Å². The van der Waals surface area contributed by atoms with Gasteiger partial charge in [-0.25, -0.2) is 0 Å². The number of benzene rings is 1. The fourth-order valence-electron chi connectivity index (χ4n) is 1.84. The van der Waals surface area contributed by atoms with E-state index in [-0.39, 0.29) is 11.6 Å². The number of aryl methyl sites for hydroxylation is 1. The third-order valence-corrected chi connectivity index (χ3v) is 3.46. The lowest BCUT2D eigenvalue weighted by Gasteiger charge is -2.12. The van der Waals surface area contributed by atoms with Crippen LogP contribution in [0.1, 0.15) is 16.1 Å². The van der Waals surface area contributed by atoms with E-state index in [1.54, 1.807) is 30.3 Å². The number of hydrogen-bond donors (Lipinski definition) is 2. The van der Waals surface area contributed by atoms with Gasteiger partial charge in [0.05, 0.1) is 12.8 Å². The maximum Gasteiger partial charge on any atom is 0.276 e. The van der Waals surface area contributed by atoms with E-state index in [4.69, 9.17) is 16.3 Å². The fraction of sp³-hybridized carbons (Fsp3) is 0.188. The standard InChI is InChI=1S/C16H17ClN4O2/c1-4-7-18-15-6-5-12(20-21-15)16(22)19-13-8-10(2)11(17)9-14(13)23-3/h4-6,8-9H,1,7H2,2-3H3,(H,18,21)(H,19,22). The summed E-state index contributed by atoms with van der Waals surface area (Å²) in [6, 6.07) is 6.66. The molecule has 0 atom stereocenters. The Hall–Kier alpha value is -2.60. The molecule has 0 saturated heterocycles. The molecule has 0 saturated carbocycles. The molecule has 7 heteroatoms. The summed E-state index contributed by atoms with van der Waals surface area (Å²) in [4.78, 5) is 12.3. The monoisotopic (exact) mass is 332 g/mol. The molecule has 2 N–H and O–H groups in total. The number of halogens is 1. The van der Waals surface area contributed by atoms with Crippen LogP contribution < -0.4 is 15.4 Å². The molecule has 0 aliphatic carbocycles. The van der Waals surface area contributed by atoms with Crippen molar-refractivity contribution < 1.29 is 9.53 Å². The van der Waals surface area contributed by atoms with Gasteiger partial charge in [0.25, 0.3) is 5.91 Å². The highest BCUT2D eigenvalue weighted by Gasteiger charge is 2.13. The number of carbonyl (C=O) groups is 1. The Bertz CT molecular complexity index is 717. The second-order valence-corrected chi connectivity index (χ2v) is 5.14. The summed E-state index contributed by atoms with van der Waals surface area (Å²) in [7, 11) is 1.51. The van der Waals surface area contributed by atoms with E-state index >= 15 is 0 Å². The van der Waals surface area contributed by atoms with Crippen LogP contribution in [-0.2, 0) is 0 Å². The Morgan fingerprint density at radius 3 is 2.78 bits per heavy atom. The van der Waals surface area contributed by atoms with E-state index in [2.05, 4.69) is 27.4 Å². The summed E-state index contributed by atoms with van der Waals surface area (Å²) >= 11 is 6.05. The molecule has 120 valence electrons. The van der Waals surface area contributed by atoms with Crippen molar-refractivity contribution in [3.63, 3.8) is 0 Å². The normalized spacial score (nSPS) is 10.0. The Morgan fingerprint density at radius 1 is 1.39 bits per heavy atom. The number of ether oxygens (including phenoxy) is 1. The van der Waals surface area contributed by atoms with Crippen molar-refractivity contribution in [1.29, 1.82) is 0 Å². The van der Waals surface area contributed by atoms with E-state index in [0.717, 1.165) is 5.56 Å². The molecule has 0 spiro atoms. The number of hydrogen-bond acceptors (Lipinski definition) is 5. The lowest BCUT2D eigenvalue weighted by molar-refractivity contribution is 0.102. The predicted octanol–water partition coefficient (Wildman–Crippen LogP) is 3.30. The summed E-state index contributed by atoms with van der Waals surface area (Å²) < 4.78 is 5.23. The average molecular weight is 333 g/mol. The van der Waals surface area contributed by atoms with Gasteiger partial charge in [0.2, 0.25) is 0 Å². The summed E-state index contributed by atoms with van der Waals surface area (Å²) in [5.74, 6) is 0.667. The summed E-state index contributed by atoms with van der Waals surface area (Å²) in [6.45, 7) is 6.02. The van der Waals surface area contributed by atoms with Gasteiger partial charge >= 0.3 is 0 Å². The Balaban J connectivity index is 2.15. The number of nitrogens with zero attached hydrogens (tertiary/aromatic N) is 2. The minimum absolute atomic E-state index is 0.198. The highest BCUT2D eigenvalue weighted by molar-refractivity contribution is 6.31. The highest BCUT2D eigenvalue weighted by atomic mass is 35.5. The number of anilines is 2. The second kappa shape index (κ2) is 7.60. The molecule has 0 radical (unpaired) electrons. The van der Waals surface area contributed by atoms with Gasteiger partial charge in [-0.3, -0.25) is 4.79 Å². The van der Waals surface area contributed by atoms with Crippen molar-refractivity contribution in [3.05, 3.63) is 53.2 Å². The van der Waals surface area contributed by atoms with Crippen molar-refractivity contribution >= 4 is 29.0 Å². The number of nitrogens with one attached hydrogen (secondary N) is 2. The van der Waals surface area contributed by atoms with Crippen LogP contribution in [-0.4, -0.2) is 29.8 Å². The number of methoxy groups -OCH3 is 1. The van der Waals surface area contributed by atoms with E-state index in [0.29, 0.717) is 28.8 Å². The summed E-state index contributed by atoms with van der Waals surface area (Å²) in [5, 5.41) is 14.1. The molecule has 1 aromatic carbocycles. The number of rotatable bonds is 6. The molecule has 0 fully saturated rings. The van der Waals surface area contributed by atoms with Gasteiger partial charge in [0.1, 0.15) is 11.6 Å². The Kier molecular flexibility index (Phi) is 5.54. The topological polar surface area (TPSA) is 76.1 Å². The first-order chi connectivity index (χ1) is 11.0. The fourth-order valence-corrected chi connectivity index (χ4v) is 1.99. The molecule has 1 heterocycles. The quantitative estimate of drug-likeness (QED) is 0.794. The smallest absolute Gasteiger partial charge is 0.276 e. The van der Waals surface area contributed by atoms with Crippen molar-refractivity contribution in [2.24, 2.45) is 0 Å². The maximum absolute atomic E-state index is 12.3. The zero-order valence-electron chi connectivity index (χ0n) is 12.9. The zero-order valence-corrected chi connectivity index (χ0v) is 13.6. The molecule has 6 nitrogen and oxygen atoms in total. The molecule has 2 rings (SSSR count). The van der Waals surface area contributed by atoms with Crippen molar-refractivity contribution in [3.8, 4) is 5.75 Å². The first-order valence-corrected chi connectivity index (χ1v) is 7.27. The SMILES string of the molecule is C=CCNc1ccc(C(=O)Nc2cc(C)c(Cl)cc2OC)nn1. The molecule has 1 aromatic heterocycles. The van der Waals surface area contributed by atoms with Crippen LogP contribution in [0.25, 0.3) is 0 Å². The van der Waals surface area contributed by atoms with Gasteiger partial charge in [0.15, 0.2) is 5.69 Å². The predicted molar refractivity (Wildman–Crippen MR) is 91.4 cm³/mol. The second-order valence-electron chi connectivity index (χ2n) is 4.73. The van der Waals surface area contributed by atoms with Gasteiger partial charge in [-0.2, -0.15) is 0 Å². The number of aromatic nitrogens is 2. The third-order valence-electron chi connectivity index (χ3n) is 3.05. The van der Waals surface area contributed by atoms with Gasteiger partial charge in [-0.1, -0.05) is 17.7 Å². The highest BCUT2D eigenvalue weighted by Crippen LogP contribution is 2.31. The van der Waals surface area contributed by atoms with Crippen molar-refractivity contribution in [2.45, 2.75) is 6.92 Å². The van der Waals surface area contributed by atoms with Crippen LogP contribution in [0.4, 0.5) is 11.5 Å². The molecular formula is C16H17ClN4O2. The lowest BCUT2D eigenvalue weighted by Crippen LogP contribution is -2.15. The molecule has 1 amide bonds. The van der Waals surface area contributed by atoms with E-state index in [1.165, 1.54) is 7.11 Å². The largest absolute Gasteiger partial charge is 0.495 e. The number of carbonyl (C=O) groups excluding carboxylic acids is 1. The average Bonchev–Trinajstić information content (AvgIpc) is 2.56. The molecule has 0 bridgehead atoms. The van der Waals surface area contributed by atoms with Crippen LogP contribution in [0.5, 0.6) is 5.75 Å². The van der Waals surface area contributed by atoms with Crippen LogP contribution in [0, 0.1) is 6.92 Å². The van der Waals surface area contributed by atoms with Crippen LogP contribution in [0.2, 0.25) is 5.02 Å². The summed E-state index contributed by atoms with van der Waals surface area (Å²) in [5.41, 5.74) is 1.55. The maximum atomic E-state index is 12.3. The van der Waals surface area contributed by atoms with Crippen molar-refractivity contribution in [2.75, 3.05) is 24.3 Å². The molecular weight excluding hydrogens is 316 g/mol. The zero-order chi connectivity index (χ0) is 16.8. The van der Waals surface area contributed by atoms with Crippen molar-refractivity contribution in [1.82, 2.24) is 10.2 Å². The van der Waals surface area contributed by atoms with Crippen LogP contribution in [0.15, 0.2) is 36.9 Å². The number of amides is 1. The molecule has 23 heavy (non-hydrogen) atoms. The Morgan fingerprint density at radius 2 is 2.17 bits per heavy atom. The third kappa shape index (κ3) is 4.20. The first kappa shape index (κ1) is 16.8. The molecule has 2 aromatic rings. The van der Waals surface area contributed by atoms with Crippen LogP contribution in [0.3, 0.4) is 0 Å². The lowest BCUT2D eigenvalue weighted by atomic mass is 10.2. The summed E-state index contributed by atoms with van der Waals surface area (Å²) in [6.07, 6.45) is 1.71. The van der Waals surface area contributed by atoms with Gasteiger partial charge in [-0.15, -0.1) is 16.8 Å². The Labute approximate surface area is 139 Å². The molecule has 0 aliphatic rings. The molecule has 0 aliphatic heterocycles. The van der Waals surface area contributed by atoms with E-state index in [9.17, 15) is 4.79 Å².